The van der Waals surface area contributed by atoms with Gasteiger partial charge in [0.25, 0.3) is 0 Å². The van der Waals surface area contributed by atoms with Gasteiger partial charge in [-0.3, -0.25) is 4.99 Å². The number of alkyl halides is 6. The van der Waals surface area contributed by atoms with Crippen LogP contribution in [-0.2, 0) is 12.4 Å². The van der Waals surface area contributed by atoms with Gasteiger partial charge in [0.15, 0.2) is 0 Å². The van der Waals surface area contributed by atoms with Gasteiger partial charge < -0.3 is 9.47 Å². The van der Waals surface area contributed by atoms with Crippen molar-refractivity contribution in [2.24, 2.45) is 4.99 Å². The van der Waals surface area contributed by atoms with E-state index in [1.807, 2.05) is 0 Å². The highest BCUT2D eigenvalue weighted by molar-refractivity contribution is 6.11. The molecule has 0 unspecified atom stereocenters. The summed E-state index contributed by atoms with van der Waals surface area (Å²) in [4.78, 5) is 3.80. The quantitative estimate of drug-likeness (QED) is 0.545. The van der Waals surface area contributed by atoms with Crippen LogP contribution in [0.2, 0.25) is 0 Å². The average molecular weight is 442 g/mol. The van der Waals surface area contributed by atoms with Crippen molar-refractivity contribution in [1.29, 1.82) is 5.26 Å². The fourth-order valence-corrected chi connectivity index (χ4v) is 2.84. The summed E-state index contributed by atoms with van der Waals surface area (Å²) in [6.07, 6.45) is -10.9. The molecule has 2 aromatic rings. The third-order valence-corrected chi connectivity index (χ3v) is 4.65. The molecule has 4 nitrogen and oxygen atoms in total. The van der Waals surface area contributed by atoms with Gasteiger partial charge in [0.2, 0.25) is 0 Å². The highest BCUT2D eigenvalue weighted by Crippen LogP contribution is 2.37. The summed E-state index contributed by atoms with van der Waals surface area (Å²) in [5.74, 6) is -0.205. The van der Waals surface area contributed by atoms with Crippen molar-refractivity contribution in [1.82, 2.24) is 0 Å². The lowest BCUT2D eigenvalue weighted by molar-refractivity contribution is -0.138. The van der Waals surface area contributed by atoms with Crippen LogP contribution < -0.4 is 9.47 Å². The molecule has 10 heteroatoms. The molecule has 0 fully saturated rings. The number of nitriles is 1. The zero-order chi connectivity index (χ0) is 23.0. The molecular formula is C21H16F6N2O2. The normalized spacial score (nSPS) is 15.5. The Morgan fingerprint density at radius 3 is 1.81 bits per heavy atom. The molecule has 0 aliphatic carbocycles. The van der Waals surface area contributed by atoms with Crippen LogP contribution in [0.3, 0.4) is 0 Å². The molecule has 2 aromatic carbocycles. The first-order valence-electron chi connectivity index (χ1n) is 9.09. The third kappa shape index (κ3) is 5.29. The van der Waals surface area contributed by atoms with Crippen molar-refractivity contribution < 1.29 is 35.8 Å². The van der Waals surface area contributed by atoms with Gasteiger partial charge in [0, 0.05) is 5.56 Å². The maximum atomic E-state index is 13.3. The predicted molar refractivity (Wildman–Crippen MR) is 99.2 cm³/mol. The van der Waals surface area contributed by atoms with Gasteiger partial charge in [0.05, 0.1) is 35.0 Å². The lowest BCUT2D eigenvalue weighted by Gasteiger charge is -2.24. The van der Waals surface area contributed by atoms with Crippen LogP contribution in [0.5, 0.6) is 11.5 Å². The number of hydrogen-bond acceptors (Lipinski definition) is 4. The molecule has 164 valence electrons. The van der Waals surface area contributed by atoms with Crippen LogP contribution in [0, 0.1) is 11.3 Å². The molecular weight excluding hydrogens is 426 g/mol. The van der Waals surface area contributed by atoms with Gasteiger partial charge in [-0.25, -0.2) is 0 Å². The summed E-state index contributed by atoms with van der Waals surface area (Å²) in [6.45, 7) is 3.29. The number of hydrogen-bond donors (Lipinski definition) is 0. The van der Waals surface area contributed by atoms with E-state index in [4.69, 9.17) is 14.7 Å². The second kappa shape index (κ2) is 8.13. The van der Waals surface area contributed by atoms with Crippen molar-refractivity contribution >= 4 is 5.71 Å². The van der Waals surface area contributed by atoms with Gasteiger partial charge >= 0.3 is 12.4 Å². The van der Waals surface area contributed by atoms with Crippen molar-refractivity contribution in [2.45, 2.75) is 38.4 Å². The van der Waals surface area contributed by atoms with Crippen molar-refractivity contribution in [3.05, 3.63) is 58.7 Å². The van der Waals surface area contributed by atoms with Crippen LogP contribution in [0.25, 0.3) is 0 Å². The van der Waals surface area contributed by atoms with E-state index in [-0.39, 0.29) is 23.6 Å². The monoisotopic (exact) mass is 442 g/mol. The Kier molecular flexibility index (Phi) is 5.89. The van der Waals surface area contributed by atoms with Gasteiger partial charge in [-0.05, 0) is 50.2 Å². The Morgan fingerprint density at radius 1 is 0.871 bits per heavy atom. The zero-order valence-corrected chi connectivity index (χ0v) is 16.3. The van der Waals surface area contributed by atoms with E-state index in [0.29, 0.717) is 11.8 Å². The fraction of sp³-hybridized carbons (Fsp3) is 0.333. The average Bonchev–Trinajstić information content (AvgIpc) is 3.51. The number of ether oxygens (including phenoxy) is 2. The minimum Gasteiger partial charge on any atom is -0.487 e. The maximum absolute atomic E-state index is 13.3. The molecule has 0 spiro atoms. The molecule has 0 saturated heterocycles. The van der Waals surface area contributed by atoms with Gasteiger partial charge in [0.1, 0.15) is 23.7 Å². The van der Waals surface area contributed by atoms with E-state index in [1.165, 1.54) is 38.1 Å². The molecule has 0 radical (unpaired) electrons. The van der Waals surface area contributed by atoms with Crippen LogP contribution in [0.1, 0.15) is 36.1 Å². The highest BCUT2D eigenvalue weighted by Gasteiger charge is 2.37. The van der Waals surface area contributed by atoms with Crippen molar-refractivity contribution in [3.8, 4) is 17.6 Å². The summed E-state index contributed by atoms with van der Waals surface area (Å²) >= 11 is 0. The second-order valence-electron chi connectivity index (χ2n) is 6.93. The summed E-state index contributed by atoms with van der Waals surface area (Å²) in [5, 5.41) is 8.85. The summed E-state index contributed by atoms with van der Waals surface area (Å²) < 4.78 is 90.3. The van der Waals surface area contributed by atoms with E-state index in [1.54, 1.807) is 0 Å². The Hall–Kier alpha value is -3.22. The standard InChI is InChI=1S/C21H16F6N2O2/c1-11(30-14-4-3-13(9-28)17(7-14)20(22,23)24)12(2)31-15-5-6-16(19-10-29-19)18(8-15)21(25,26)27/h3-8,11-12H,10H2,1-2H3/t11-,12-/m0/s1. The van der Waals surface area contributed by atoms with Crippen molar-refractivity contribution in [3.63, 3.8) is 0 Å². The molecule has 0 bridgehead atoms. The smallest absolute Gasteiger partial charge is 0.417 e. The Bertz CT molecular complexity index is 1050. The fourth-order valence-electron chi connectivity index (χ4n) is 2.84. The summed E-state index contributed by atoms with van der Waals surface area (Å²) in [6, 6.07) is 7.89. The molecule has 0 amide bonds. The Balaban J connectivity index is 1.75. The number of halogens is 6. The van der Waals surface area contributed by atoms with Crippen molar-refractivity contribution in [2.75, 3.05) is 6.54 Å². The maximum Gasteiger partial charge on any atom is 0.417 e. The third-order valence-electron chi connectivity index (χ3n) is 4.65. The molecule has 31 heavy (non-hydrogen) atoms. The van der Waals surface area contributed by atoms with E-state index in [0.717, 1.165) is 12.1 Å². The molecule has 1 aliphatic rings. The number of nitrogens with zero attached hydrogens (tertiary/aromatic N) is 2. The largest absolute Gasteiger partial charge is 0.487 e. The highest BCUT2D eigenvalue weighted by atomic mass is 19.4. The van der Waals surface area contributed by atoms with Crippen LogP contribution >= 0.6 is 0 Å². The second-order valence-corrected chi connectivity index (χ2v) is 6.93. The van der Waals surface area contributed by atoms with Gasteiger partial charge in [-0.2, -0.15) is 31.6 Å². The molecule has 0 saturated carbocycles. The topological polar surface area (TPSA) is 54.6 Å². The summed E-state index contributed by atoms with van der Waals surface area (Å²) in [5.41, 5.74) is -2.19. The van der Waals surface area contributed by atoms with E-state index in [2.05, 4.69) is 4.99 Å². The SMILES string of the molecule is C[C@H](Oc1ccc(C#N)c(C(F)(F)F)c1)[C@H](C)Oc1ccc(C2=NC2)c(C(F)(F)F)c1. The Labute approximate surface area is 173 Å². The molecule has 0 aromatic heterocycles. The lowest BCUT2D eigenvalue weighted by Crippen LogP contribution is -2.31. The van der Waals surface area contributed by atoms with Gasteiger partial charge in [-0.1, -0.05) is 0 Å². The first kappa shape index (κ1) is 22.5. The predicted octanol–water partition coefficient (Wildman–Crippen LogP) is 5.63. The van der Waals surface area contributed by atoms with Crippen LogP contribution in [0.15, 0.2) is 41.4 Å². The van der Waals surface area contributed by atoms with E-state index >= 15 is 0 Å². The first-order chi connectivity index (χ1) is 14.4. The summed E-state index contributed by atoms with van der Waals surface area (Å²) in [7, 11) is 0. The number of benzene rings is 2. The molecule has 2 atom stereocenters. The van der Waals surface area contributed by atoms with E-state index < -0.39 is 41.3 Å². The molecule has 0 N–H and O–H groups in total. The number of aliphatic imine (C=N–C) groups is 1. The number of rotatable bonds is 6. The Morgan fingerprint density at radius 2 is 1.35 bits per heavy atom. The molecule has 1 aliphatic heterocycles. The van der Waals surface area contributed by atoms with Crippen LogP contribution in [0.4, 0.5) is 26.3 Å². The van der Waals surface area contributed by atoms with Crippen LogP contribution in [-0.4, -0.2) is 24.5 Å². The van der Waals surface area contributed by atoms with E-state index in [9.17, 15) is 26.3 Å². The first-order valence-corrected chi connectivity index (χ1v) is 9.09. The zero-order valence-electron chi connectivity index (χ0n) is 16.3. The minimum absolute atomic E-state index is 0.00550. The molecule has 3 rings (SSSR count). The van der Waals surface area contributed by atoms with Gasteiger partial charge in [-0.15, -0.1) is 0 Å². The lowest BCUT2D eigenvalue weighted by atomic mass is 10.0. The molecule has 1 heterocycles. The minimum atomic E-state index is -4.74.